The van der Waals surface area contributed by atoms with E-state index in [1.54, 1.807) is 7.11 Å². The number of methoxy groups -OCH3 is 1. The predicted molar refractivity (Wildman–Crippen MR) is 110 cm³/mol. The average Bonchev–Trinajstić information content (AvgIpc) is 2.96. The second-order valence-electron chi connectivity index (χ2n) is 5.78. The number of rotatable bonds is 7. The van der Waals surface area contributed by atoms with E-state index in [4.69, 9.17) is 28.6 Å². The molecule has 1 aromatic heterocycles. The molecule has 0 radical (unpaired) electrons. The van der Waals surface area contributed by atoms with Gasteiger partial charge >= 0.3 is 0 Å². The Morgan fingerprint density at radius 1 is 1.23 bits per heavy atom. The van der Waals surface area contributed by atoms with E-state index < -0.39 is 0 Å². The van der Waals surface area contributed by atoms with Crippen LogP contribution in [0.25, 0.3) is 0 Å². The summed E-state index contributed by atoms with van der Waals surface area (Å²) in [5, 5.41) is 9.15. The lowest BCUT2D eigenvalue weighted by atomic mass is 10.2. The molecule has 0 aliphatic rings. The molecule has 136 valence electrons. The van der Waals surface area contributed by atoms with Gasteiger partial charge < -0.3 is 10.1 Å². The molecule has 0 amide bonds. The van der Waals surface area contributed by atoms with E-state index in [9.17, 15) is 0 Å². The van der Waals surface area contributed by atoms with E-state index in [1.807, 2.05) is 48.1 Å². The molecular formula is C18H19ClN4OS2. The second-order valence-corrected chi connectivity index (χ2v) is 7.81. The molecule has 8 heteroatoms. The fraction of sp³-hybridized carbons (Fsp3) is 0.222. The number of nitrogens with one attached hydrogen (secondary N) is 1. The lowest BCUT2D eigenvalue weighted by Crippen LogP contribution is -2.22. The van der Waals surface area contributed by atoms with Gasteiger partial charge in [-0.15, -0.1) is 5.10 Å². The Morgan fingerprint density at radius 2 is 1.96 bits per heavy atom. The van der Waals surface area contributed by atoms with E-state index in [1.165, 1.54) is 16.9 Å². The monoisotopic (exact) mass is 406 g/mol. The molecule has 0 spiro atoms. The number of hydrogen-bond donors (Lipinski definition) is 1. The molecular weight excluding hydrogens is 388 g/mol. The van der Waals surface area contributed by atoms with Crippen LogP contribution in [0, 0.1) is 3.95 Å². The molecule has 0 bridgehead atoms. The molecule has 2 aromatic carbocycles. The zero-order valence-electron chi connectivity index (χ0n) is 14.5. The lowest BCUT2D eigenvalue weighted by Gasteiger charge is -2.16. The van der Waals surface area contributed by atoms with E-state index in [0.717, 1.165) is 23.1 Å². The summed E-state index contributed by atoms with van der Waals surface area (Å²) in [5.41, 5.74) is 2.01. The van der Waals surface area contributed by atoms with E-state index in [2.05, 4.69) is 27.4 Å². The summed E-state index contributed by atoms with van der Waals surface area (Å²) in [7, 11) is 3.70. The molecule has 0 fully saturated rings. The van der Waals surface area contributed by atoms with Crippen LogP contribution in [-0.2, 0) is 13.2 Å². The molecule has 0 atom stereocenters. The van der Waals surface area contributed by atoms with Gasteiger partial charge in [0.05, 0.1) is 24.5 Å². The van der Waals surface area contributed by atoms with Crippen LogP contribution in [0.3, 0.4) is 0 Å². The minimum atomic E-state index is 0.603. The van der Waals surface area contributed by atoms with Crippen LogP contribution in [0.5, 0.6) is 5.75 Å². The smallest absolute Gasteiger partial charge is 0.209 e. The van der Waals surface area contributed by atoms with Crippen molar-refractivity contribution in [3.8, 4) is 5.75 Å². The molecule has 0 aliphatic heterocycles. The highest BCUT2D eigenvalue weighted by Gasteiger charge is 2.08. The first-order valence-corrected chi connectivity index (χ1v) is 9.56. The van der Waals surface area contributed by atoms with Gasteiger partial charge in [0.1, 0.15) is 5.75 Å². The van der Waals surface area contributed by atoms with Crippen molar-refractivity contribution in [2.75, 3.05) is 19.5 Å². The highest BCUT2D eigenvalue weighted by Crippen LogP contribution is 2.26. The Morgan fingerprint density at radius 3 is 2.65 bits per heavy atom. The molecule has 0 unspecified atom stereocenters. The van der Waals surface area contributed by atoms with Gasteiger partial charge in [-0.2, -0.15) is 0 Å². The number of ether oxygens (including phenoxy) is 1. The number of nitrogens with zero attached hydrogens (tertiary/aromatic N) is 3. The Labute approximate surface area is 166 Å². The quantitative estimate of drug-likeness (QED) is 0.548. The minimum Gasteiger partial charge on any atom is -0.497 e. The zero-order valence-corrected chi connectivity index (χ0v) is 16.9. The van der Waals surface area contributed by atoms with E-state index in [-0.39, 0.29) is 0 Å². The maximum absolute atomic E-state index is 6.18. The maximum atomic E-state index is 6.18. The SMILES string of the molecule is COc1ccc(CN(C)Cn2nc(Nc3ccccc3Cl)sc2=S)cc1. The molecule has 5 nitrogen and oxygen atoms in total. The van der Waals surface area contributed by atoms with Crippen LogP contribution >= 0.6 is 35.2 Å². The number of para-hydroxylation sites is 1. The third-order valence-corrected chi connectivity index (χ3v) is 5.26. The lowest BCUT2D eigenvalue weighted by molar-refractivity contribution is 0.245. The molecule has 3 aromatic rings. The Kier molecular flexibility index (Phi) is 6.26. The van der Waals surface area contributed by atoms with Crippen LogP contribution in [0.1, 0.15) is 5.56 Å². The van der Waals surface area contributed by atoms with Crippen LogP contribution < -0.4 is 10.1 Å². The molecule has 0 saturated heterocycles. The summed E-state index contributed by atoms with van der Waals surface area (Å²) < 4.78 is 7.71. The van der Waals surface area contributed by atoms with Crippen molar-refractivity contribution in [3.63, 3.8) is 0 Å². The van der Waals surface area contributed by atoms with E-state index in [0.29, 0.717) is 15.6 Å². The van der Waals surface area contributed by atoms with Gasteiger partial charge in [0.2, 0.25) is 5.13 Å². The number of hydrogen-bond acceptors (Lipinski definition) is 6. The van der Waals surface area contributed by atoms with Gasteiger partial charge in [0.15, 0.2) is 3.95 Å². The first kappa shape index (κ1) is 18.8. The highest BCUT2D eigenvalue weighted by atomic mass is 35.5. The van der Waals surface area contributed by atoms with Crippen LogP contribution in [0.2, 0.25) is 5.02 Å². The van der Waals surface area contributed by atoms with Crippen molar-refractivity contribution in [1.82, 2.24) is 14.7 Å². The standard InChI is InChI=1S/C18H19ClN4OS2/c1-22(11-13-7-9-14(24-2)10-8-13)12-23-18(25)26-17(21-23)20-16-6-4-3-5-15(16)19/h3-10H,11-12H2,1-2H3,(H,20,21). The Bertz CT molecular complexity index is 923. The van der Waals surface area contributed by atoms with Crippen LogP contribution in [0.15, 0.2) is 48.5 Å². The topological polar surface area (TPSA) is 42.3 Å². The van der Waals surface area contributed by atoms with E-state index >= 15 is 0 Å². The third-order valence-electron chi connectivity index (χ3n) is 3.71. The highest BCUT2D eigenvalue weighted by molar-refractivity contribution is 7.73. The fourth-order valence-electron chi connectivity index (χ4n) is 2.45. The first-order chi connectivity index (χ1) is 12.5. The Balaban J connectivity index is 1.65. The summed E-state index contributed by atoms with van der Waals surface area (Å²) in [6.07, 6.45) is 0. The summed E-state index contributed by atoms with van der Waals surface area (Å²) >= 11 is 13.0. The van der Waals surface area contributed by atoms with Crippen LogP contribution in [0.4, 0.5) is 10.8 Å². The number of anilines is 2. The van der Waals surface area contributed by atoms with Crippen molar-refractivity contribution >= 4 is 46.0 Å². The fourth-order valence-corrected chi connectivity index (χ4v) is 3.63. The molecule has 0 saturated carbocycles. The number of aromatic nitrogens is 2. The minimum absolute atomic E-state index is 0.603. The summed E-state index contributed by atoms with van der Waals surface area (Å²) in [6, 6.07) is 15.6. The summed E-state index contributed by atoms with van der Waals surface area (Å²) in [6.45, 7) is 1.39. The average molecular weight is 407 g/mol. The normalized spacial score (nSPS) is 10.9. The Hall–Kier alpha value is -1.93. The summed E-state index contributed by atoms with van der Waals surface area (Å²) in [4.78, 5) is 2.15. The largest absolute Gasteiger partial charge is 0.497 e. The molecule has 26 heavy (non-hydrogen) atoms. The molecule has 1 heterocycles. The molecule has 1 N–H and O–H groups in total. The number of benzene rings is 2. The van der Waals surface area contributed by atoms with Crippen LogP contribution in [-0.4, -0.2) is 28.8 Å². The zero-order chi connectivity index (χ0) is 18.5. The van der Waals surface area contributed by atoms with Crippen molar-refractivity contribution in [1.29, 1.82) is 0 Å². The third kappa shape index (κ3) is 4.82. The van der Waals surface area contributed by atoms with Gasteiger partial charge in [-0.05, 0) is 49.1 Å². The predicted octanol–water partition coefficient (Wildman–Crippen LogP) is 5.17. The van der Waals surface area contributed by atoms with Gasteiger partial charge in [0, 0.05) is 6.54 Å². The van der Waals surface area contributed by atoms with Gasteiger partial charge in [-0.3, -0.25) is 4.90 Å². The number of halogens is 1. The molecule has 3 rings (SSSR count). The van der Waals surface area contributed by atoms with Crippen molar-refractivity contribution in [2.45, 2.75) is 13.2 Å². The van der Waals surface area contributed by atoms with Gasteiger partial charge in [0.25, 0.3) is 0 Å². The van der Waals surface area contributed by atoms with Crippen molar-refractivity contribution in [2.24, 2.45) is 0 Å². The van der Waals surface area contributed by atoms with Gasteiger partial charge in [-0.1, -0.05) is 47.2 Å². The van der Waals surface area contributed by atoms with Crippen molar-refractivity contribution < 1.29 is 4.74 Å². The molecule has 0 aliphatic carbocycles. The maximum Gasteiger partial charge on any atom is 0.209 e. The first-order valence-electron chi connectivity index (χ1n) is 7.96. The second kappa shape index (κ2) is 8.64. The van der Waals surface area contributed by atoms with Gasteiger partial charge in [-0.25, -0.2) is 4.68 Å². The summed E-state index contributed by atoms with van der Waals surface area (Å²) in [5.74, 6) is 0.855. The van der Waals surface area contributed by atoms with Crippen molar-refractivity contribution in [3.05, 3.63) is 63.1 Å².